The summed E-state index contributed by atoms with van der Waals surface area (Å²) < 4.78 is 41.0. The summed E-state index contributed by atoms with van der Waals surface area (Å²) in [5.41, 5.74) is -0.825. The highest BCUT2D eigenvalue weighted by Crippen LogP contribution is 2.23. The molecule has 2 N–H and O–H groups in total. The van der Waals surface area contributed by atoms with Gasteiger partial charge in [-0.1, -0.05) is 6.92 Å². The third kappa shape index (κ3) is 5.34. The van der Waals surface area contributed by atoms with Crippen molar-refractivity contribution in [1.82, 2.24) is 5.32 Å². The number of hydrogen-bond acceptors (Lipinski definition) is 3. The maximum Gasteiger partial charge on any atom is 0.414 e. The van der Waals surface area contributed by atoms with Gasteiger partial charge < -0.3 is 15.2 Å². The van der Waals surface area contributed by atoms with Gasteiger partial charge in [-0.15, -0.1) is 0 Å². The van der Waals surface area contributed by atoms with Crippen LogP contribution in [0.1, 0.15) is 20.8 Å². The molecule has 0 aliphatic heterocycles. The average Bonchev–Trinajstić information content (AvgIpc) is 2.13. The fraction of sp³-hybridized carbons (Fsp3) is 1.00. The lowest BCUT2D eigenvalue weighted by atomic mass is 10.1. The predicted molar refractivity (Wildman–Crippen MR) is 50.6 cm³/mol. The lowest BCUT2D eigenvalue weighted by Gasteiger charge is -2.30. The van der Waals surface area contributed by atoms with Crippen LogP contribution >= 0.6 is 0 Å². The van der Waals surface area contributed by atoms with Crippen molar-refractivity contribution in [3.63, 3.8) is 0 Å². The Balaban J connectivity index is 4.11. The van der Waals surface area contributed by atoms with Crippen LogP contribution in [0.15, 0.2) is 0 Å². The van der Waals surface area contributed by atoms with Crippen LogP contribution in [-0.2, 0) is 4.74 Å². The van der Waals surface area contributed by atoms with Crippen LogP contribution in [0.3, 0.4) is 0 Å². The minimum Gasteiger partial charge on any atom is -0.394 e. The number of hydrogen-bond donors (Lipinski definition) is 2. The normalized spacial score (nSPS) is 18.6. The molecule has 0 spiro atoms. The summed E-state index contributed by atoms with van der Waals surface area (Å²) in [4.78, 5) is 0. The van der Waals surface area contributed by atoms with E-state index in [9.17, 15) is 13.2 Å². The highest BCUT2D eigenvalue weighted by molar-refractivity contribution is 4.82. The molecule has 0 bridgehead atoms. The van der Waals surface area contributed by atoms with Crippen molar-refractivity contribution in [3.05, 3.63) is 0 Å². The lowest BCUT2D eigenvalue weighted by Crippen LogP contribution is -2.51. The van der Waals surface area contributed by atoms with E-state index in [4.69, 9.17) is 5.11 Å². The van der Waals surface area contributed by atoms with E-state index in [1.807, 2.05) is 0 Å². The van der Waals surface area contributed by atoms with E-state index in [0.717, 1.165) is 6.92 Å². The number of rotatable bonds is 6. The molecule has 0 aromatic rings. The molecule has 0 heterocycles. The third-order valence-corrected chi connectivity index (χ3v) is 2.07. The van der Waals surface area contributed by atoms with Crippen molar-refractivity contribution in [2.75, 3.05) is 19.8 Å². The molecule has 0 radical (unpaired) electrons. The molecule has 6 heteroatoms. The van der Waals surface area contributed by atoms with Gasteiger partial charge in [0.25, 0.3) is 0 Å². The fourth-order valence-electron chi connectivity index (χ4n) is 0.983. The van der Waals surface area contributed by atoms with Crippen LogP contribution in [0, 0.1) is 0 Å². The third-order valence-electron chi connectivity index (χ3n) is 2.07. The first-order valence-corrected chi connectivity index (χ1v) is 4.79. The first kappa shape index (κ1) is 14.7. The molecule has 2 atom stereocenters. The Morgan fingerprint density at radius 1 is 1.40 bits per heavy atom. The van der Waals surface area contributed by atoms with E-state index in [1.165, 1.54) is 0 Å². The molecule has 2 unspecified atom stereocenters. The molecular formula is C9H18F3NO2. The van der Waals surface area contributed by atoms with E-state index in [1.54, 1.807) is 13.8 Å². The molecule has 15 heavy (non-hydrogen) atoms. The van der Waals surface area contributed by atoms with Crippen LogP contribution in [-0.4, -0.2) is 42.7 Å². The van der Waals surface area contributed by atoms with Crippen LogP contribution in [0.4, 0.5) is 13.2 Å². The first-order chi connectivity index (χ1) is 6.75. The average molecular weight is 229 g/mol. The number of ether oxygens (including phenoxy) is 1. The van der Waals surface area contributed by atoms with Gasteiger partial charge in [-0.2, -0.15) is 13.2 Å². The molecule has 0 aliphatic carbocycles. The van der Waals surface area contributed by atoms with Crippen molar-refractivity contribution in [2.24, 2.45) is 0 Å². The van der Waals surface area contributed by atoms with E-state index < -0.39 is 17.8 Å². The van der Waals surface area contributed by atoms with E-state index in [-0.39, 0.29) is 13.2 Å². The van der Waals surface area contributed by atoms with E-state index in [0.29, 0.717) is 6.54 Å². The number of aliphatic hydroxyl groups excluding tert-OH is 1. The Bertz CT molecular complexity index is 187. The molecule has 0 fully saturated rings. The summed E-state index contributed by atoms with van der Waals surface area (Å²) in [6.07, 6.45) is -6.18. The first-order valence-electron chi connectivity index (χ1n) is 4.79. The maximum absolute atomic E-state index is 12.1. The number of halogens is 3. The summed E-state index contributed by atoms with van der Waals surface area (Å²) in [5.74, 6) is 0. The van der Waals surface area contributed by atoms with Gasteiger partial charge in [0.15, 0.2) is 6.10 Å². The highest BCUT2D eigenvalue weighted by Gasteiger charge is 2.38. The molecule has 0 saturated carbocycles. The van der Waals surface area contributed by atoms with Crippen molar-refractivity contribution in [3.8, 4) is 0 Å². The largest absolute Gasteiger partial charge is 0.414 e. The van der Waals surface area contributed by atoms with Gasteiger partial charge in [-0.25, -0.2) is 0 Å². The number of nitrogens with one attached hydrogen (secondary N) is 1. The molecular weight excluding hydrogens is 211 g/mol. The minimum atomic E-state index is -4.36. The zero-order valence-electron chi connectivity index (χ0n) is 9.19. The van der Waals surface area contributed by atoms with Crippen molar-refractivity contribution < 1.29 is 23.0 Å². The van der Waals surface area contributed by atoms with Gasteiger partial charge in [0.1, 0.15) is 0 Å². The topological polar surface area (TPSA) is 41.5 Å². The lowest BCUT2D eigenvalue weighted by molar-refractivity contribution is -0.219. The number of aliphatic hydroxyl groups is 1. The summed E-state index contributed by atoms with van der Waals surface area (Å²) in [6.45, 7) is 4.47. The van der Waals surface area contributed by atoms with Crippen LogP contribution in [0.25, 0.3) is 0 Å². The second-order valence-electron chi connectivity index (χ2n) is 3.74. The molecule has 0 amide bonds. The predicted octanol–water partition coefficient (Wildman–Crippen LogP) is 1.31. The van der Waals surface area contributed by atoms with Gasteiger partial charge in [0.05, 0.1) is 18.8 Å². The Hall–Kier alpha value is -0.330. The molecule has 0 aliphatic rings. The Labute approximate surface area is 87.6 Å². The second kappa shape index (κ2) is 5.67. The van der Waals surface area contributed by atoms with E-state index in [2.05, 4.69) is 10.1 Å². The molecule has 0 rings (SSSR count). The van der Waals surface area contributed by atoms with Crippen molar-refractivity contribution >= 4 is 0 Å². The van der Waals surface area contributed by atoms with Crippen LogP contribution in [0.5, 0.6) is 0 Å². The molecule has 92 valence electrons. The SMILES string of the molecule is CCNC(C)(CO)COC(C)C(F)(F)F. The highest BCUT2D eigenvalue weighted by atomic mass is 19.4. The molecule has 0 saturated heterocycles. The Morgan fingerprint density at radius 3 is 2.27 bits per heavy atom. The van der Waals surface area contributed by atoms with Gasteiger partial charge in [0.2, 0.25) is 0 Å². The van der Waals surface area contributed by atoms with Crippen molar-refractivity contribution in [2.45, 2.75) is 38.6 Å². The molecule has 3 nitrogen and oxygen atoms in total. The minimum absolute atomic E-state index is 0.183. The number of alkyl halides is 3. The van der Waals surface area contributed by atoms with Gasteiger partial charge in [0, 0.05) is 0 Å². The van der Waals surface area contributed by atoms with Crippen LogP contribution in [0.2, 0.25) is 0 Å². The number of likely N-dealkylation sites (N-methyl/N-ethyl adjacent to an activating group) is 1. The molecule has 0 aromatic carbocycles. The monoisotopic (exact) mass is 229 g/mol. The Morgan fingerprint density at radius 2 is 1.93 bits per heavy atom. The second-order valence-corrected chi connectivity index (χ2v) is 3.74. The van der Waals surface area contributed by atoms with E-state index >= 15 is 0 Å². The smallest absolute Gasteiger partial charge is 0.394 e. The summed E-state index contributed by atoms with van der Waals surface area (Å²) in [7, 11) is 0. The summed E-state index contributed by atoms with van der Waals surface area (Å²) >= 11 is 0. The van der Waals surface area contributed by atoms with Crippen LogP contribution < -0.4 is 5.32 Å². The van der Waals surface area contributed by atoms with Gasteiger partial charge in [-0.05, 0) is 20.4 Å². The zero-order chi connectivity index (χ0) is 12.1. The van der Waals surface area contributed by atoms with Gasteiger partial charge in [-0.3, -0.25) is 0 Å². The Kier molecular flexibility index (Phi) is 5.55. The van der Waals surface area contributed by atoms with Crippen molar-refractivity contribution in [1.29, 1.82) is 0 Å². The molecule has 0 aromatic heterocycles. The van der Waals surface area contributed by atoms with Gasteiger partial charge >= 0.3 is 6.18 Å². The standard InChI is InChI=1S/C9H18F3NO2/c1-4-13-8(3,5-14)6-15-7(2)9(10,11)12/h7,13-14H,4-6H2,1-3H3. The zero-order valence-corrected chi connectivity index (χ0v) is 9.19. The fourth-order valence-corrected chi connectivity index (χ4v) is 0.983. The summed E-state index contributed by atoms with van der Waals surface area (Å²) in [5, 5.41) is 11.9. The maximum atomic E-state index is 12.1. The summed E-state index contributed by atoms with van der Waals surface area (Å²) in [6, 6.07) is 0. The quantitative estimate of drug-likeness (QED) is 0.721.